The molecule has 4 heteroatoms. The van der Waals surface area contributed by atoms with E-state index in [1.165, 1.54) is 12.8 Å². The Bertz CT molecular complexity index is 539. The molecule has 1 aliphatic carbocycles. The molecule has 2 heterocycles. The van der Waals surface area contributed by atoms with Crippen LogP contribution in [0.4, 0.5) is 5.82 Å². The van der Waals surface area contributed by atoms with Crippen LogP contribution < -0.4 is 4.90 Å². The van der Waals surface area contributed by atoms with Crippen LogP contribution in [0.2, 0.25) is 0 Å². The number of anilines is 1. The van der Waals surface area contributed by atoms with Crippen LogP contribution in [-0.2, 0) is 0 Å². The first kappa shape index (κ1) is 11.8. The molecule has 0 radical (unpaired) electrons. The summed E-state index contributed by atoms with van der Waals surface area (Å²) in [6, 6.07) is 4.24. The molecule has 1 aliphatic rings. The second kappa shape index (κ2) is 4.81. The van der Waals surface area contributed by atoms with Crippen LogP contribution in [-0.4, -0.2) is 23.5 Å². The summed E-state index contributed by atoms with van der Waals surface area (Å²) in [6.07, 6.45) is 8.23. The summed E-state index contributed by atoms with van der Waals surface area (Å²) >= 11 is 6.46. The van der Waals surface area contributed by atoms with Gasteiger partial charge in [0.1, 0.15) is 11.4 Å². The minimum atomic E-state index is 0.215. The third-order valence-corrected chi connectivity index (χ3v) is 4.35. The van der Waals surface area contributed by atoms with Gasteiger partial charge in [-0.3, -0.25) is 0 Å². The standard InChI is InChI=1S/C14H17ClN2O/c1-17(12-5-3-2-4-11(12)15)14-10-7-9-18-13(10)6-8-16-14/h6-9,11-12H,2-5H2,1H3. The van der Waals surface area contributed by atoms with Gasteiger partial charge in [0, 0.05) is 19.3 Å². The Kier molecular flexibility index (Phi) is 3.16. The molecule has 0 aromatic carbocycles. The summed E-state index contributed by atoms with van der Waals surface area (Å²) in [5.41, 5.74) is 0.883. The maximum atomic E-state index is 6.46. The predicted octanol–water partition coefficient (Wildman–Crippen LogP) is 3.81. The Balaban J connectivity index is 1.95. The third kappa shape index (κ3) is 1.97. The summed E-state index contributed by atoms with van der Waals surface area (Å²) in [5, 5.41) is 1.28. The molecule has 0 N–H and O–H groups in total. The fraction of sp³-hybridized carbons (Fsp3) is 0.500. The van der Waals surface area contributed by atoms with Crippen LogP contribution >= 0.6 is 11.6 Å². The largest absolute Gasteiger partial charge is 0.464 e. The molecular formula is C14H17ClN2O. The lowest BCUT2D eigenvalue weighted by Gasteiger charge is -2.35. The minimum Gasteiger partial charge on any atom is -0.464 e. The van der Waals surface area contributed by atoms with Crippen molar-refractivity contribution >= 4 is 28.4 Å². The van der Waals surface area contributed by atoms with Crippen molar-refractivity contribution in [1.82, 2.24) is 4.98 Å². The van der Waals surface area contributed by atoms with Crippen molar-refractivity contribution in [2.75, 3.05) is 11.9 Å². The number of pyridine rings is 1. The normalized spacial score (nSPS) is 24.3. The quantitative estimate of drug-likeness (QED) is 0.773. The molecule has 3 nitrogen and oxygen atoms in total. The molecule has 0 saturated heterocycles. The number of nitrogens with zero attached hydrogens (tertiary/aromatic N) is 2. The van der Waals surface area contributed by atoms with E-state index in [2.05, 4.69) is 16.9 Å². The molecule has 0 aliphatic heterocycles. The van der Waals surface area contributed by atoms with Gasteiger partial charge in [-0.25, -0.2) is 4.98 Å². The zero-order chi connectivity index (χ0) is 12.5. The summed E-state index contributed by atoms with van der Waals surface area (Å²) in [4.78, 5) is 6.71. The number of hydrogen-bond donors (Lipinski definition) is 0. The number of rotatable bonds is 2. The van der Waals surface area contributed by atoms with E-state index in [4.69, 9.17) is 16.0 Å². The molecule has 3 rings (SSSR count). The van der Waals surface area contributed by atoms with Crippen LogP contribution in [0.3, 0.4) is 0 Å². The second-order valence-electron chi connectivity index (χ2n) is 4.95. The first-order valence-corrected chi connectivity index (χ1v) is 6.90. The van der Waals surface area contributed by atoms with Crippen molar-refractivity contribution in [1.29, 1.82) is 0 Å². The number of aromatic nitrogens is 1. The van der Waals surface area contributed by atoms with Gasteiger partial charge in [-0.05, 0) is 25.0 Å². The van der Waals surface area contributed by atoms with E-state index >= 15 is 0 Å². The minimum absolute atomic E-state index is 0.215. The van der Waals surface area contributed by atoms with Gasteiger partial charge in [-0.2, -0.15) is 0 Å². The van der Waals surface area contributed by atoms with Gasteiger partial charge in [0.2, 0.25) is 0 Å². The monoisotopic (exact) mass is 264 g/mol. The summed E-state index contributed by atoms with van der Waals surface area (Å²) < 4.78 is 5.42. The summed E-state index contributed by atoms with van der Waals surface area (Å²) in [5.74, 6) is 0.971. The highest BCUT2D eigenvalue weighted by Gasteiger charge is 2.28. The fourth-order valence-corrected chi connectivity index (χ4v) is 3.27. The number of furan rings is 1. The molecule has 18 heavy (non-hydrogen) atoms. The lowest BCUT2D eigenvalue weighted by atomic mass is 9.94. The Morgan fingerprint density at radius 2 is 2.17 bits per heavy atom. The third-order valence-electron chi connectivity index (χ3n) is 3.84. The van der Waals surface area contributed by atoms with Gasteiger partial charge < -0.3 is 9.32 Å². The van der Waals surface area contributed by atoms with Gasteiger partial charge in [-0.1, -0.05) is 12.8 Å². The Hall–Kier alpha value is -1.22. The number of alkyl halides is 1. The Morgan fingerprint density at radius 3 is 3.00 bits per heavy atom. The topological polar surface area (TPSA) is 29.3 Å². The number of halogens is 1. The average Bonchev–Trinajstić information content (AvgIpc) is 2.86. The first-order chi connectivity index (χ1) is 8.77. The van der Waals surface area contributed by atoms with E-state index in [-0.39, 0.29) is 5.38 Å². The highest BCUT2D eigenvalue weighted by atomic mass is 35.5. The summed E-state index contributed by atoms with van der Waals surface area (Å²) in [7, 11) is 2.08. The lowest BCUT2D eigenvalue weighted by Crippen LogP contribution is -2.41. The molecule has 1 saturated carbocycles. The van der Waals surface area contributed by atoms with Crippen LogP contribution in [0.5, 0.6) is 0 Å². The Morgan fingerprint density at radius 1 is 1.33 bits per heavy atom. The molecule has 0 amide bonds. The van der Waals surface area contributed by atoms with Crippen molar-refractivity contribution in [3.8, 4) is 0 Å². The van der Waals surface area contributed by atoms with E-state index in [1.807, 2.05) is 12.1 Å². The van der Waals surface area contributed by atoms with Crippen LogP contribution in [0.25, 0.3) is 11.0 Å². The molecule has 96 valence electrons. The average molecular weight is 265 g/mol. The van der Waals surface area contributed by atoms with Crippen molar-refractivity contribution in [2.45, 2.75) is 37.1 Å². The van der Waals surface area contributed by atoms with Crippen molar-refractivity contribution in [2.24, 2.45) is 0 Å². The SMILES string of the molecule is CN(c1nccc2occc12)C1CCCCC1Cl. The molecular weight excluding hydrogens is 248 g/mol. The van der Waals surface area contributed by atoms with Gasteiger partial charge in [0.05, 0.1) is 17.0 Å². The van der Waals surface area contributed by atoms with Gasteiger partial charge >= 0.3 is 0 Å². The van der Waals surface area contributed by atoms with Crippen molar-refractivity contribution in [3.05, 3.63) is 24.6 Å². The van der Waals surface area contributed by atoms with Gasteiger partial charge in [0.25, 0.3) is 0 Å². The van der Waals surface area contributed by atoms with E-state index < -0.39 is 0 Å². The van der Waals surface area contributed by atoms with Gasteiger partial charge in [-0.15, -0.1) is 11.6 Å². The van der Waals surface area contributed by atoms with Crippen LogP contribution in [0.15, 0.2) is 29.0 Å². The molecule has 2 aromatic rings. The van der Waals surface area contributed by atoms with E-state index in [1.54, 1.807) is 12.5 Å². The molecule has 2 aromatic heterocycles. The lowest BCUT2D eigenvalue weighted by molar-refractivity contribution is 0.433. The second-order valence-corrected chi connectivity index (χ2v) is 5.51. The predicted molar refractivity (Wildman–Crippen MR) is 74.3 cm³/mol. The molecule has 2 unspecified atom stereocenters. The van der Waals surface area contributed by atoms with Crippen LogP contribution in [0.1, 0.15) is 25.7 Å². The highest BCUT2D eigenvalue weighted by molar-refractivity contribution is 6.21. The van der Waals surface area contributed by atoms with Crippen molar-refractivity contribution in [3.63, 3.8) is 0 Å². The molecule has 1 fully saturated rings. The maximum absolute atomic E-state index is 6.46. The van der Waals surface area contributed by atoms with E-state index in [9.17, 15) is 0 Å². The number of hydrogen-bond acceptors (Lipinski definition) is 3. The van der Waals surface area contributed by atoms with E-state index in [0.29, 0.717) is 6.04 Å². The molecule has 2 atom stereocenters. The fourth-order valence-electron chi connectivity index (χ4n) is 2.82. The summed E-state index contributed by atoms with van der Waals surface area (Å²) in [6.45, 7) is 0. The highest BCUT2D eigenvalue weighted by Crippen LogP contribution is 2.32. The smallest absolute Gasteiger partial charge is 0.139 e. The Labute approximate surface area is 112 Å². The van der Waals surface area contributed by atoms with Crippen molar-refractivity contribution < 1.29 is 4.42 Å². The zero-order valence-electron chi connectivity index (χ0n) is 10.5. The maximum Gasteiger partial charge on any atom is 0.139 e. The number of fused-ring (bicyclic) bond motifs is 1. The van der Waals surface area contributed by atoms with Gasteiger partial charge in [0.15, 0.2) is 0 Å². The molecule has 0 bridgehead atoms. The first-order valence-electron chi connectivity index (χ1n) is 6.46. The van der Waals surface area contributed by atoms with Crippen LogP contribution in [0, 0.1) is 0 Å². The zero-order valence-corrected chi connectivity index (χ0v) is 11.2. The molecule has 0 spiro atoms. The van der Waals surface area contributed by atoms with E-state index in [0.717, 1.165) is 29.6 Å².